The van der Waals surface area contributed by atoms with Crippen LogP contribution in [0.25, 0.3) is 22.9 Å². The predicted octanol–water partition coefficient (Wildman–Crippen LogP) is 3.60. The van der Waals surface area contributed by atoms with E-state index in [2.05, 4.69) is 20.8 Å². The maximum absolute atomic E-state index is 12.6. The van der Waals surface area contributed by atoms with Gasteiger partial charge in [0.05, 0.1) is 0 Å². The third-order valence-electron chi connectivity index (χ3n) is 4.66. The van der Waals surface area contributed by atoms with Gasteiger partial charge >= 0.3 is 0 Å². The minimum absolute atomic E-state index is 0.205. The number of nitrogens with zero attached hydrogens (tertiary/aromatic N) is 2. The van der Waals surface area contributed by atoms with Gasteiger partial charge in [-0.05, 0) is 55.7 Å². The Balaban J connectivity index is 1.73. The standard InChI is InChI=1S/C23H26N4O3/c1-14(2)12-19(21(29)24-4)25-20(28)16-8-10-17(11-9-16)22-26-27-23(30-22)18-7-5-6-15(3)13-18/h5-11,13-14,19H,12H2,1-4H3,(H,24,29)(H,25,28). The van der Waals surface area contributed by atoms with Crippen LogP contribution in [0, 0.1) is 12.8 Å². The van der Waals surface area contributed by atoms with Crippen molar-refractivity contribution in [3.8, 4) is 22.9 Å². The molecular weight excluding hydrogens is 380 g/mol. The van der Waals surface area contributed by atoms with Crippen molar-refractivity contribution in [3.05, 3.63) is 59.7 Å². The molecule has 0 bridgehead atoms. The summed E-state index contributed by atoms with van der Waals surface area (Å²) >= 11 is 0. The van der Waals surface area contributed by atoms with Crippen LogP contribution in [0.3, 0.4) is 0 Å². The van der Waals surface area contributed by atoms with Crippen LogP contribution in [-0.2, 0) is 4.79 Å². The second-order valence-corrected chi connectivity index (χ2v) is 7.63. The number of carbonyl (C=O) groups is 2. The summed E-state index contributed by atoms with van der Waals surface area (Å²) in [6, 6.07) is 14.1. The Bertz CT molecular complexity index is 1020. The third kappa shape index (κ3) is 5.11. The van der Waals surface area contributed by atoms with Crippen LogP contribution < -0.4 is 10.6 Å². The van der Waals surface area contributed by atoms with Crippen molar-refractivity contribution in [1.29, 1.82) is 0 Å². The van der Waals surface area contributed by atoms with Crippen LogP contribution >= 0.6 is 0 Å². The summed E-state index contributed by atoms with van der Waals surface area (Å²) in [6.45, 7) is 6.01. The van der Waals surface area contributed by atoms with Gasteiger partial charge in [0, 0.05) is 23.7 Å². The van der Waals surface area contributed by atoms with E-state index in [9.17, 15) is 9.59 Å². The number of aryl methyl sites for hydroxylation is 1. The van der Waals surface area contributed by atoms with Crippen molar-refractivity contribution in [2.75, 3.05) is 7.05 Å². The molecule has 1 heterocycles. The highest BCUT2D eigenvalue weighted by Crippen LogP contribution is 2.24. The van der Waals surface area contributed by atoms with E-state index in [1.54, 1.807) is 31.3 Å². The molecule has 156 valence electrons. The smallest absolute Gasteiger partial charge is 0.251 e. The molecule has 2 amide bonds. The van der Waals surface area contributed by atoms with E-state index >= 15 is 0 Å². The largest absolute Gasteiger partial charge is 0.416 e. The predicted molar refractivity (Wildman–Crippen MR) is 115 cm³/mol. The van der Waals surface area contributed by atoms with Crippen LogP contribution in [0.1, 0.15) is 36.2 Å². The van der Waals surface area contributed by atoms with Crippen molar-refractivity contribution in [2.45, 2.75) is 33.2 Å². The lowest BCUT2D eigenvalue weighted by molar-refractivity contribution is -0.122. The van der Waals surface area contributed by atoms with Crippen LogP contribution in [-0.4, -0.2) is 35.1 Å². The topological polar surface area (TPSA) is 97.1 Å². The van der Waals surface area contributed by atoms with Gasteiger partial charge in [-0.15, -0.1) is 10.2 Å². The minimum atomic E-state index is -0.574. The monoisotopic (exact) mass is 406 g/mol. The van der Waals surface area contributed by atoms with E-state index in [0.29, 0.717) is 29.3 Å². The van der Waals surface area contributed by atoms with E-state index in [1.807, 2.05) is 45.0 Å². The van der Waals surface area contributed by atoms with E-state index in [0.717, 1.165) is 11.1 Å². The summed E-state index contributed by atoms with van der Waals surface area (Å²) in [4.78, 5) is 24.6. The van der Waals surface area contributed by atoms with E-state index in [1.165, 1.54) is 0 Å². The Morgan fingerprint density at radius 1 is 1.00 bits per heavy atom. The molecular formula is C23H26N4O3. The van der Waals surface area contributed by atoms with E-state index in [-0.39, 0.29) is 17.7 Å². The van der Waals surface area contributed by atoms with Gasteiger partial charge in [0.15, 0.2) is 0 Å². The first-order chi connectivity index (χ1) is 14.4. The zero-order valence-corrected chi connectivity index (χ0v) is 17.6. The molecule has 30 heavy (non-hydrogen) atoms. The number of aromatic nitrogens is 2. The summed E-state index contributed by atoms with van der Waals surface area (Å²) in [5.74, 6) is 0.583. The van der Waals surface area contributed by atoms with Gasteiger partial charge in [0.25, 0.3) is 5.91 Å². The molecule has 0 aliphatic rings. The van der Waals surface area contributed by atoms with Crippen LogP contribution in [0.4, 0.5) is 0 Å². The Morgan fingerprint density at radius 3 is 2.27 bits per heavy atom. The first-order valence-corrected chi connectivity index (χ1v) is 9.90. The lowest BCUT2D eigenvalue weighted by Gasteiger charge is -2.19. The highest BCUT2D eigenvalue weighted by molar-refractivity contribution is 5.97. The van der Waals surface area contributed by atoms with Crippen molar-refractivity contribution in [3.63, 3.8) is 0 Å². The summed E-state index contributed by atoms with van der Waals surface area (Å²) < 4.78 is 5.79. The normalized spacial score (nSPS) is 11.9. The fourth-order valence-electron chi connectivity index (χ4n) is 3.12. The van der Waals surface area contributed by atoms with Crippen molar-refractivity contribution in [2.24, 2.45) is 5.92 Å². The average molecular weight is 406 g/mol. The molecule has 2 aromatic carbocycles. The number of hydrogen-bond donors (Lipinski definition) is 2. The Labute approximate surface area is 175 Å². The first kappa shape index (κ1) is 21.2. The Hall–Kier alpha value is -3.48. The molecule has 7 heteroatoms. The number of likely N-dealkylation sites (N-methyl/N-ethyl adjacent to an activating group) is 1. The fraction of sp³-hybridized carbons (Fsp3) is 0.304. The summed E-state index contributed by atoms with van der Waals surface area (Å²) in [7, 11) is 1.56. The van der Waals surface area contributed by atoms with E-state index in [4.69, 9.17) is 4.42 Å². The molecule has 0 aliphatic heterocycles. The molecule has 1 atom stereocenters. The zero-order valence-electron chi connectivity index (χ0n) is 17.6. The summed E-state index contributed by atoms with van der Waals surface area (Å²) in [5.41, 5.74) is 3.13. The number of hydrogen-bond acceptors (Lipinski definition) is 5. The van der Waals surface area contributed by atoms with Gasteiger partial charge in [-0.25, -0.2) is 0 Å². The Morgan fingerprint density at radius 2 is 1.67 bits per heavy atom. The van der Waals surface area contributed by atoms with Crippen LogP contribution in [0.2, 0.25) is 0 Å². The molecule has 7 nitrogen and oxygen atoms in total. The van der Waals surface area contributed by atoms with Crippen molar-refractivity contribution in [1.82, 2.24) is 20.8 Å². The molecule has 0 saturated heterocycles. The van der Waals surface area contributed by atoms with Gasteiger partial charge in [-0.1, -0.05) is 31.5 Å². The zero-order chi connectivity index (χ0) is 21.7. The van der Waals surface area contributed by atoms with Gasteiger partial charge in [-0.2, -0.15) is 0 Å². The molecule has 0 fully saturated rings. The van der Waals surface area contributed by atoms with Gasteiger partial charge in [-0.3, -0.25) is 9.59 Å². The van der Waals surface area contributed by atoms with Crippen LogP contribution in [0.15, 0.2) is 52.9 Å². The van der Waals surface area contributed by atoms with Crippen molar-refractivity contribution < 1.29 is 14.0 Å². The van der Waals surface area contributed by atoms with Gasteiger partial charge in [0.2, 0.25) is 17.7 Å². The maximum atomic E-state index is 12.6. The van der Waals surface area contributed by atoms with Crippen molar-refractivity contribution >= 4 is 11.8 Å². The second-order valence-electron chi connectivity index (χ2n) is 7.63. The number of nitrogens with one attached hydrogen (secondary N) is 2. The summed E-state index contributed by atoms with van der Waals surface area (Å²) in [6.07, 6.45) is 0.563. The Kier molecular flexibility index (Phi) is 6.61. The fourth-order valence-corrected chi connectivity index (χ4v) is 3.12. The maximum Gasteiger partial charge on any atom is 0.251 e. The number of rotatable bonds is 7. The highest BCUT2D eigenvalue weighted by atomic mass is 16.4. The molecule has 1 aromatic heterocycles. The molecule has 0 saturated carbocycles. The molecule has 0 aliphatic carbocycles. The summed E-state index contributed by atoms with van der Waals surface area (Å²) in [5, 5.41) is 13.6. The third-order valence-corrected chi connectivity index (χ3v) is 4.66. The highest BCUT2D eigenvalue weighted by Gasteiger charge is 2.21. The first-order valence-electron chi connectivity index (χ1n) is 9.90. The second kappa shape index (κ2) is 9.35. The van der Waals surface area contributed by atoms with Crippen LogP contribution in [0.5, 0.6) is 0 Å². The lowest BCUT2D eigenvalue weighted by Crippen LogP contribution is -2.46. The van der Waals surface area contributed by atoms with Gasteiger partial charge in [0.1, 0.15) is 6.04 Å². The molecule has 0 spiro atoms. The average Bonchev–Trinajstić information content (AvgIpc) is 3.23. The SMILES string of the molecule is CNC(=O)C(CC(C)C)NC(=O)c1ccc(-c2nnc(-c3cccc(C)c3)o2)cc1. The molecule has 0 radical (unpaired) electrons. The number of benzene rings is 2. The quantitative estimate of drug-likeness (QED) is 0.625. The lowest BCUT2D eigenvalue weighted by atomic mass is 10.0. The molecule has 3 aromatic rings. The number of amides is 2. The van der Waals surface area contributed by atoms with Gasteiger partial charge < -0.3 is 15.1 Å². The minimum Gasteiger partial charge on any atom is -0.416 e. The number of carbonyl (C=O) groups excluding carboxylic acids is 2. The molecule has 1 unspecified atom stereocenters. The molecule has 2 N–H and O–H groups in total. The molecule has 3 rings (SSSR count). The van der Waals surface area contributed by atoms with E-state index < -0.39 is 6.04 Å².